The maximum atomic E-state index is 13.5. The second-order valence-corrected chi connectivity index (χ2v) is 10.9. The molecule has 31 heavy (non-hydrogen) atoms. The van der Waals surface area contributed by atoms with E-state index in [-0.39, 0.29) is 16.8 Å². The van der Waals surface area contributed by atoms with E-state index in [4.69, 9.17) is 0 Å². The van der Waals surface area contributed by atoms with Crippen molar-refractivity contribution in [1.82, 2.24) is 4.90 Å². The van der Waals surface area contributed by atoms with Crippen molar-refractivity contribution in [2.75, 3.05) is 17.4 Å². The normalized spacial score (nSPS) is 18.8. The van der Waals surface area contributed by atoms with Crippen molar-refractivity contribution in [3.05, 3.63) is 82.0 Å². The Balaban J connectivity index is 1.46. The minimum atomic E-state index is -3.75. The smallest absolute Gasteiger partial charge is 0.264 e. The van der Waals surface area contributed by atoms with Gasteiger partial charge in [0.1, 0.15) is 0 Å². The first kappa shape index (κ1) is 20.3. The fourth-order valence-electron chi connectivity index (χ4n) is 4.62. The zero-order chi connectivity index (χ0) is 21.4. The standard InChI is InChI=1S/C24H24N2O3S2/c27-24(25-14-5-12-22(25)23-13-6-16-30-23)19-8-3-10-20(17-19)31(28,29)26-15-4-9-18-7-1-2-11-21(18)26/h1-3,6-8,10-11,13,16-17,22H,4-5,9,12,14-15H2. The van der Waals surface area contributed by atoms with E-state index in [1.165, 1.54) is 9.18 Å². The topological polar surface area (TPSA) is 57.7 Å². The molecule has 0 N–H and O–H groups in total. The van der Waals surface area contributed by atoms with Gasteiger partial charge < -0.3 is 4.90 Å². The molecule has 0 saturated carbocycles. The van der Waals surface area contributed by atoms with E-state index in [0.29, 0.717) is 18.7 Å². The monoisotopic (exact) mass is 452 g/mol. The summed E-state index contributed by atoms with van der Waals surface area (Å²) in [5, 5.41) is 2.03. The number of thiophene rings is 1. The highest BCUT2D eigenvalue weighted by Gasteiger charge is 2.33. The molecule has 0 bridgehead atoms. The number of para-hydroxylation sites is 1. The van der Waals surface area contributed by atoms with E-state index < -0.39 is 10.0 Å². The number of nitrogens with zero attached hydrogens (tertiary/aromatic N) is 2. The van der Waals surface area contributed by atoms with Crippen LogP contribution in [0.5, 0.6) is 0 Å². The number of fused-ring (bicyclic) bond motifs is 1. The summed E-state index contributed by atoms with van der Waals surface area (Å²) in [5.41, 5.74) is 2.21. The fourth-order valence-corrected chi connectivity index (χ4v) is 7.08. The lowest BCUT2D eigenvalue weighted by Crippen LogP contribution is -2.35. The Morgan fingerprint density at radius 3 is 2.68 bits per heavy atom. The van der Waals surface area contributed by atoms with Crippen molar-refractivity contribution in [2.24, 2.45) is 0 Å². The molecule has 1 saturated heterocycles. The molecule has 3 aromatic rings. The minimum Gasteiger partial charge on any atom is -0.331 e. The summed E-state index contributed by atoms with van der Waals surface area (Å²) in [6.45, 7) is 1.14. The Morgan fingerprint density at radius 2 is 1.84 bits per heavy atom. The van der Waals surface area contributed by atoms with Gasteiger partial charge in [-0.05, 0) is 67.0 Å². The Morgan fingerprint density at radius 1 is 0.968 bits per heavy atom. The Labute approximate surface area is 187 Å². The first-order chi connectivity index (χ1) is 15.1. The van der Waals surface area contributed by atoms with Gasteiger partial charge in [-0.3, -0.25) is 9.10 Å². The number of sulfonamides is 1. The van der Waals surface area contributed by atoms with Gasteiger partial charge in [-0.2, -0.15) is 0 Å². The zero-order valence-electron chi connectivity index (χ0n) is 17.1. The van der Waals surface area contributed by atoms with Crippen molar-refractivity contribution in [3.8, 4) is 0 Å². The molecule has 0 spiro atoms. The lowest BCUT2D eigenvalue weighted by molar-refractivity contribution is 0.0737. The van der Waals surface area contributed by atoms with Crippen LogP contribution in [0.4, 0.5) is 5.69 Å². The maximum Gasteiger partial charge on any atom is 0.264 e. The van der Waals surface area contributed by atoms with Gasteiger partial charge in [0.2, 0.25) is 0 Å². The average molecular weight is 453 g/mol. The predicted molar refractivity (Wildman–Crippen MR) is 123 cm³/mol. The third-order valence-electron chi connectivity index (χ3n) is 6.12. The van der Waals surface area contributed by atoms with Crippen LogP contribution in [0.1, 0.15) is 46.1 Å². The van der Waals surface area contributed by atoms with E-state index in [1.807, 2.05) is 40.6 Å². The minimum absolute atomic E-state index is 0.0711. The molecule has 1 fully saturated rings. The number of carbonyl (C=O) groups is 1. The first-order valence-electron chi connectivity index (χ1n) is 10.6. The van der Waals surface area contributed by atoms with Crippen molar-refractivity contribution >= 4 is 33.0 Å². The highest BCUT2D eigenvalue weighted by Crippen LogP contribution is 2.36. The number of amides is 1. The summed E-state index contributed by atoms with van der Waals surface area (Å²) in [4.78, 5) is 16.6. The summed E-state index contributed by atoms with van der Waals surface area (Å²) in [5.74, 6) is -0.105. The molecule has 5 nitrogen and oxygen atoms in total. The van der Waals surface area contributed by atoms with Crippen molar-refractivity contribution in [1.29, 1.82) is 0 Å². The van der Waals surface area contributed by atoms with E-state index >= 15 is 0 Å². The second kappa shape index (κ2) is 8.13. The third kappa shape index (κ3) is 3.66. The van der Waals surface area contributed by atoms with E-state index in [2.05, 4.69) is 6.07 Å². The van der Waals surface area contributed by atoms with Crippen LogP contribution in [0.2, 0.25) is 0 Å². The molecule has 1 amide bonds. The maximum absolute atomic E-state index is 13.5. The number of hydrogen-bond donors (Lipinski definition) is 0. The molecule has 7 heteroatoms. The SMILES string of the molecule is O=C(c1cccc(S(=O)(=O)N2CCCc3ccccc32)c1)N1CCCC1c1cccs1. The van der Waals surface area contributed by atoms with Crippen molar-refractivity contribution < 1.29 is 13.2 Å². The van der Waals surface area contributed by atoms with Crippen molar-refractivity contribution in [3.63, 3.8) is 0 Å². The van der Waals surface area contributed by atoms with Gasteiger partial charge in [0.05, 0.1) is 16.6 Å². The highest BCUT2D eigenvalue weighted by atomic mass is 32.2. The van der Waals surface area contributed by atoms with Crippen molar-refractivity contribution in [2.45, 2.75) is 36.6 Å². The number of aryl methyl sites for hydroxylation is 1. The van der Waals surface area contributed by atoms with Crippen LogP contribution in [-0.4, -0.2) is 32.3 Å². The van der Waals surface area contributed by atoms with E-state index in [0.717, 1.165) is 36.9 Å². The number of carbonyl (C=O) groups excluding carboxylic acids is 1. The summed E-state index contributed by atoms with van der Waals surface area (Å²) in [7, 11) is -3.75. The number of anilines is 1. The summed E-state index contributed by atoms with van der Waals surface area (Å²) >= 11 is 1.66. The molecule has 2 aromatic carbocycles. The van der Waals surface area contributed by atoms with Crippen LogP contribution in [0, 0.1) is 0 Å². The molecule has 160 valence electrons. The Bertz CT molecular complexity index is 1210. The van der Waals surface area contributed by atoms with Gasteiger partial charge in [-0.15, -0.1) is 11.3 Å². The molecular formula is C24H24N2O3S2. The molecule has 2 aliphatic heterocycles. The zero-order valence-corrected chi connectivity index (χ0v) is 18.7. The number of benzene rings is 2. The number of likely N-dealkylation sites (tertiary alicyclic amines) is 1. The molecule has 3 heterocycles. The predicted octanol–water partition coefficient (Wildman–Crippen LogP) is 4.87. The van der Waals surface area contributed by atoms with Crippen LogP contribution >= 0.6 is 11.3 Å². The molecule has 0 radical (unpaired) electrons. The fraction of sp³-hybridized carbons (Fsp3) is 0.292. The quantitative estimate of drug-likeness (QED) is 0.568. The number of hydrogen-bond acceptors (Lipinski definition) is 4. The van der Waals surface area contributed by atoms with Crippen LogP contribution in [0.15, 0.2) is 70.9 Å². The lowest BCUT2D eigenvalue weighted by Gasteiger charge is -2.30. The van der Waals surface area contributed by atoms with Gasteiger partial charge in [0, 0.05) is 23.5 Å². The molecule has 1 atom stereocenters. The van der Waals surface area contributed by atoms with Gasteiger partial charge in [0.15, 0.2) is 0 Å². The average Bonchev–Trinajstić information content (AvgIpc) is 3.50. The van der Waals surface area contributed by atoms with Crippen LogP contribution in [0.25, 0.3) is 0 Å². The second-order valence-electron chi connectivity index (χ2n) is 8.01. The molecule has 1 unspecified atom stereocenters. The van der Waals surface area contributed by atoms with Gasteiger partial charge in [-0.25, -0.2) is 8.42 Å². The Kier molecular flexibility index (Phi) is 5.32. The summed E-state index contributed by atoms with van der Waals surface area (Å²) in [6, 6.07) is 18.3. The van der Waals surface area contributed by atoms with Gasteiger partial charge in [-0.1, -0.05) is 30.3 Å². The highest BCUT2D eigenvalue weighted by molar-refractivity contribution is 7.92. The van der Waals surface area contributed by atoms with Gasteiger partial charge >= 0.3 is 0 Å². The van der Waals surface area contributed by atoms with Crippen LogP contribution < -0.4 is 4.31 Å². The van der Waals surface area contributed by atoms with E-state index in [9.17, 15) is 13.2 Å². The molecular weight excluding hydrogens is 428 g/mol. The molecule has 1 aromatic heterocycles. The van der Waals surface area contributed by atoms with Crippen LogP contribution in [-0.2, 0) is 16.4 Å². The number of rotatable bonds is 4. The summed E-state index contributed by atoms with van der Waals surface area (Å²) in [6.07, 6.45) is 3.55. The first-order valence-corrected chi connectivity index (χ1v) is 12.9. The Hall–Kier alpha value is -2.64. The van der Waals surface area contributed by atoms with E-state index in [1.54, 1.807) is 35.6 Å². The summed E-state index contributed by atoms with van der Waals surface area (Å²) < 4.78 is 28.5. The molecule has 2 aliphatic rings. The van der Waals surface area contributed by atoms with Crippen LogP contribution in [0.3, 0.4) is 0 Å². The lowest BCUT2D eigenvalue weighted by atomic mass is 10.0. The largest absolute Gasteiger partial charge is 0.331 e. The third-order valence-corrected chi connectivity index (χ3v) is 8.90. The molecule has 0 aliphatic carbocycles. The molecule has 5 rings (SSSR count). The van der Waals surface area contributed by atoms with Gasteiger partial charge in [0.25, 0.3) is 15.9 Å².